The number of nitrogens with zero attached hydrogens (tertiary/aromatic N) is 1. The predicted octanol–water partition coefficient (Wildman–Crippen LogP) is 3.64. The van der Waals surface area contributed by atoms with Gasteiger partial charge in [-0.25, -0.2) is 4.98 Å². The largest absolute Gasteiger partial charge is 0.497 e. The van der Waals surface area contributed by atoms with Gasteiger partial charge in [0.1, 0.15) is 17.3 Å². The minimum absolute atomic E-state index is 0.658. The van der Waals surface area contributed by atoms with E-state index in [0.29, 0.717) is 6.61 Å². The summed E-state index contributed by atoms with van der Waals surface area (Å²) in [5.74, 6) is 2.53. The van der Waals surface area contributed by atoms with Crippen molar-refractivity contribution in [3.8, 4) is 22.9 Å². The molecule has 0 bridgehead atoms. The molecule has 0 aliphatic heterocycles. The van der Waals surface area contributed by atoms with Crippen LogP contribution in [-0.4, -0.2) is 23.7 Å². The number of methoxy groups -OCH3 is 1. The first-order chi connectivity index (χ1) is 9.80. The molecule has 0 fully saturated rings. The number of hydrogen-bond acceptors (Lipinski definition) is 3. The first kappa shape index (κ1) is 12.5. The Labute approximate surface area is 117 Å². The second-order valence-electron chi connectivity index (χ2n) is 4.43. The Morgan fingerprint density at radius 1 is 1.05 bits per heavy atom. The number of fused-ring (bicyclic) bond motifs is 1. The van der Waals surface area contributed by atoms with Crippen molar-refractivity contribution in [2.45, 2.75) is 6.92 Å². The predicted molar refractivity (Wildman–Crippen MR) is 79.3 cm³/mol. The molecule has 0 saturated heterocycles. The minimum atomic E-state index is 0.658. The van der Waals surface area contributed by atoms with E-state index in [1.54, 1.807) is 7.11 Å². The Hall–Kier alpha value is -2.49. The van der Waals surface area contributed by atoms with Crippen LogP contribution in [0.2, 0.25) is 0 Å². The van der Waals surface area contributed by atoms with E-state index in [2.05, 4.69) is 9.97 Å². The smallest absolute Gasteiger partial charge is 0.138 e. The maximum Gasteiger partial charge on any atom is 0.138 e. The van der Waals surface area contributed by atoms with Gasteiger partial charge in [-0.2, -0.15) is 0 Å². The molecule has 3 rings (SSSR count). The maximum atomic E-state index is 5.49. The Morgan fingerprint density at radius 3 is 2.50 bits per heavy atom. The van der Waals surface area contributed by atoms with Gasteiger partial charge < -0.3 is 14.5 Å². The number of H-pyrrole nitrogens is 1. The first-order valence-corrected chi connectivity index (χ1v) is 6.57. The Bertz CT molecular complexity index is 717. The average molecular weight is 268 g/mol. The van der Waals surface area contributed by atoms with Crippen LogP contribution >= 0.6 is 0 Å². The number of ether oxygens (including phenoxy) is 2. The van der Waals surface area contributed by atoms with Crippen LogP contribution in [0.25, 0.3) is 22.4 Å². The van der Waals surface area contributed by atoms with Gasteiger partial charge in [-0.15, -0.1) is 0 Å². The van der Waals surface area contributed by atoms with Crippen molar-refractivity contribution in [1.29, 1.82) is 0 Å². The number of aromatic nitrogens is 2. The van der Waals surface area contributed by atoms with Gasteiger partial charge in [0.05, 0.1) is 24.8 Å². The van der Waals surface area contributed by atoms with Crippen molar-refractivity contribution in [2.24, 2.45) is 0 Å². The lowest BCUT2D eigenvalue weighted by Gasteiger charge is -2.01. The van der Waals surface area contributed by atoms with Crippen molar-refractivity contribution < 1.29 is 9.47 Å². The van der Waals surface area contributed by atoms with Gasteiger partial charge in [0.25, 0.3) is 0 Å². The lowest BCUT2D eigenvalue weighted by atomic mass is 10.2. The number of hydrogen-bond donors (Lipinski definition) is 1. The fourth-order valence-corrected chi connectivity index (χ4v) is 2.13. The lowest BCUT2D eigenvalue weighted by Crippen LogP contribution is -1.90. The zero-order valence-corrected chi connectivity index (χ0v) is 11.5. The number of imidazole rings is 1. The topological polar surface area (TPSA) is 47.1 Å². The molecule has 0 saturated carbocycles. The standard InChI is InChI=1S/C16H16N2O2/c1-3-20-13-8-9-14-15(10-13)18-16(17-14)11-4-6-12(19-2)7-5-11/h4-10H,3H2,1-2H3,(H,17,18). The molecule has 0 unspecified atom stereocenters. The van der Waals surface area contributed by atoms with Crippen molar-refractivity contribution >= 4 is 11.0 Å². The summed E-state index contributed by atoms with van der Waals surface area (Å²) in [5, 5.41) is 0. The summed E-state index contributed by atoms with van der Waals surface area (Å²) in [4.78, 5) is 7.90. The Balaban J connectivity index is 1.98. The zero-order chi connectivity index (χ0) is 13.9. The SMILES string of the molecule is CCOc1ccc2nc(-c3ccc(OC)cc3)[nH]c2c1. The molecule has 4 nitrogen and oxygen atoms in total. The number of aromatic amines is 1. The van der Waals surface area contributed by atoms with Crippen LogP contribution in [-0.2, 0) is 0 Å². The molecule has 0 aliphatic rings. The highest BCUT2D eigenvalue weighted by Gasteiger charge is 2.06. The highest BCUT2D eigenvalue weighted by molar-refractivity contribution is 5.80. The van der Waals surface area contributed by atoms with Crippen molar-refractivity contribution in [3.05, 3.63) is 42.5 Å². The molecule has 0 amide bonds. The van der Waals surface area contributed by atoms with Gasteiger partial charge in [0.2, 0.25) is 0 Å². The molecule has 4 heteroatoms. The molecule has 0 aliphatic carbocycles. The summed E-state index contributed by atoms with van der Waals surface area (Å²) < 4.78 is 10.7. The summed E-state index contributed by atoms with van der Waals surface area (Å²) in [6.45, 7) is 2.63. The van der Waals surface area contributed by atoms with Crippen molar-refractivity contribution in [3.63, 3.8) is 0 Å². The highest BCUT2D eigenvalue weighted by Crippen LogP contribution is 2.25. The molecule has 2 aromatic carbocycles. The average Bonchev–Trinajstić information content (AvgIpc) is 2.91. The van der Waals surface area contributed by atoms with E-state index < -0.39 is 0 Å². The van der Waals surface area contributed by atoms with E-state index in [4.69, 9.17) is 9.47 Å². The normalized spacial score (nSPS) is 10.7. The second-order valence-corrected chi connectivity index (χ2v) is 4.43. The van der Waals surface area contributed by atoms with Gasteiger partial charge in [-0.1, -0.05) is 0 Å². The summed E-state index contributed by atoms with van der Waals surface area (Å²) in [6.07, 6.45) is 0. The summed E-state index contributed by atoms with van der Waals surface area (Å²) in [6, 6.07) is 13.7. The molecule has 0 spiro atoms. The van der Waals surface area contributed by atoms with E-state index in [1.165, 1.54) is 0 Å². The highest BCUT2D eigenvalue weighted by atomic mass is 16.5. The van der Waals surface area contributed by atoms with Gasteiger partial charge in [0.15, 0.2) is 0 Å². The third-order valence-electron chi connectivity index (χ3n) is 3.13. The molecule has 3 aromatic rings. The molecule has 1 aromatic heterocycles. The molecular weight excluding hydrogens is 252 g/mol. The molecular formula is C16H16N2O2. The molecule has 0 atom stereocenters. The lowest BCUT2D eigenvalue weighted by molar-refractivity contribution is 0.340. The number of nitrogens with one attached hydrogen (secondary N) is 1. The van der Waals surface area contributed by atoms with Crippen LogP contribution in [0.15, 0.2) is 42.5 Å². The zero-order valence-electron chi connectivity index (χ0n) is 11.5. The third kappa shape index (κ3) is 2.32. The van der Waals surface area contributed by atoms with Gasteiger partial charge >= 0.3 is 0 Å². The fourth-order valence-electron chi connectivity index (χ4n) is 2.13. The molecule has 20 heavy (non-hydrogen) atoms. The first-order valence-electron chi connectivity index (χ1n) is 6.57. The van der Waals surface area contributed by atoms with E-state index in [1.807, 2.05) is 49.4 Å². The van der Waals surface area contributed by atoms with E-state index in [0.717, 1.165) is 33.9 Å². The van der Waals surface area contributed by atoms with Crippen LogP contribution in [0.3, 0.4) is 0 Å². The van der Waals surface area contributed by atoms with Gasteiger partial charge in [0, 0.05) is 11.6 Å². The number of rotatable bonds is 4. The van der Waals surface area contributed by atoms with Crippen molar-refractivity contribution in [2.75, 3.05) is 13.7 Å². The minimum Gasteiger partial charge on any atom is -0.497 e. The Kier molecular flexibility index (Phi) is 3.29. The fraction of sp³-hybridized carbons (Fsp3) is 0.188. The second kappa shape index (κ2) is 5.25. The summed E-state index contributed by atoms with van der Waals surface area (Å²) in [7, 11) is 1.66. The summed E-state index contributed by atoms with van der Waals surface area (Å²) in [5.41, 5.74) is 2.93. The van der Waals surface area contributed by atoms with Crippen LogP contribution in [0.1, 0.15) is 6.92 Å². The van der Waals surface area contributed by atoms with Crippen LogP contribution < -0.4 is 9.47 Å². The van der Waals surface area contributed by atoms with Crippen molar-refractivity contribution in [1.82, 2.24) is 9.97 Å². The monoisotopic (exact) mass is 268 g/mol. The maximum absolute atomic E-state index is 5.49. The molecule has 1 N–H and O–H groups in total. The van der Waals surface area contributed by atoms with Crippen LogP contribution in [0.4, 0.5) is 0 Å². The van der Waals surface area contributed by atoms with Crippen LogP contribution in [0, 0.1) is 0 Å². The summed E-state index contributed by atoms with van der Waals surface area (Å²) >= 11 is 0. The molecule has 0 radical (unpaired) electrons. The van der Waals surface area contributed by atoms with E-state index >= 15 is 0 Å². The molecule has 1 heterocycles. The van der Waals surface area contributed by atoms with E-state index in [9.17, 15) is 0 Å². The Morgan fingerprint density at radius 2 is 1.80 bits per heavy atom. The van der Waals surface area contributed by atoms with E-state index in [-0.39, 0.29) is 0 Å². The van der Waals surface area contributed by atoms with Gasteiger partial charge in [-0.05, 0) is 43.3 Å². The third-order valence-corrected chi connectivity index (χ3v) is 3.13. The quantitative estimate of drug-likeness (QED) is 0.785. The number of benzene rings is 2. The van der Waals surface area contributed by atoms with Crippen LogP contribution in [0.5, 0.6) is 11.5 Å². The molecule has 102 valence electrons. The van der Waals surface area contributed by atoms with Gasteiger partial charge in [-0.3, -0.25) is 0 Å².